The molecular formula is C19H32N4O7. The molecule has 0 aromatic heterocycles. The molecule has 1 N–H and O–H groups in total. The van der Waals surface area contributed by atoms with Crippen LogP contribution in [0.25, 0.3) is 0 Å². The van der Waals surface area contributed by atoms with Crippen LogP contribution < -0.4 is 0 Å². The van der Waals surface area contributed by atoms with Gasteiger partial charge in [0.05, 0.1) is 25.3 Å². The summed E-state index contributed by atoms with van der Waals surface area (Å²) in [6.45, 7) is 8.93. The zero-order chi connectivity index (χ0) is 22.1. The molecule has 0 saturated carbocycles. The van der Waals surface area contributed by atoms with Gasteiger partial charge in [0.1, 0.15) is 13.2 Å². The van der Waals surface area contributed by atoms with Gasteiger partial charge in [-0.05, 0) is 20.3 Å². The summed E-state index contributed by atoms with van der Waals surface area (Å²) in [7, 11) is 0. The van der Waals surface area contributed by atoms with Gasteiger partial charge in [0.2, 0.25) is 11.8 Å². The Bertz CT molecular complexity index is 608. The summed E-state index contributed by atoms with van der Waals surface area (Å²) in [5, 5.41) is 6.89. The molecule has 0 bridgehead atoms. The highest BCUT2D eigenvalue weighted by Gasteiger charge is 2.29. The van der Waals surface area contributed by atoms with E-state index in [4.69, 9.17) is 19.4 Å². The van der Waals surface area contributed by atoms with Crippen LogP contribution in [0.3, 0.4) is 0 Å². The number of ether oxygens (including phenoxy) is 2. The highest BCUT2D eigenvalue weighted by molar-refractivity contribution is 5.83. The Balaban J connectivity index is 0.00000101. The average molecular weight is 428 g/mol. The predicted octanol–water partition coefficient (Wildman–Crippen LogP) is -0.690. The third-order valence-electron chi connectivity index (χ3n) is 5.24. The van der Waals surface area contributed by atoms with Crippen molar-refractivity contribution in [3.8, 4) is 0 Å². The second-order valence-corrected chi connectivity index (χ2v) is 7.71. The van der Waals surface area contributed by atoms with Crippen LogP contribution in [-0.2, 0) is 23.9 Å². The lowest BCUT2D eigenvalue weighted by molar-refractivity contribution is -0.144. The smallest absolute Gasteiger partial charge is 0.410 e. The van der Waals surface area contributed by atoms with Crippen LogP contribution in [0.15, 0.2) is 0 Å². The van der Waals surface area contributed by atoms with Crippen LogP contribution in [0.2, 0.25) is 0 Å². The molecular weight excluding hydrogens is 396 g/mol. The maximum atomic E-state index is 12.6. The van der Waals surface area contributed by atoms with Gasteiger partial charge in [-0.3, -0.25) is 24.2 Å². The molecule has 0 aromatic rings. The number of carboxylic acid groups (broad SMARTS) is 1. The van der Waals surface area contributed by atoms with Crippen molar-refractivity contribution in [3.63, 3.8) is 0 Å². The number of carbonyl (C=O) groups excluding carboxylic acids is 3. The van der Waals surface area contributed by atoms with Gasteiger partial charge < -0.3 is 24.4 Å². The average Bonchev–Trinajstić information content (AvgIpc) is 2.94. The first-order valence-electron chi connectivity index (χ1n) is 10.3. The van der Waals surface area contributed by atoms with Crippen LogP contribution in [0.1, 0.15) is 20.3 Å². The maximum absolute atomic E-state index is 12.6. The zero-order valence-corrected chi connectivity index (χ0v) is 17.7. The molecule has 3 saturated heterocycles. The molecule has 170 valence electrons. The van der Waals surface area contributed by atoms with E-state index in [1.165, 1.54) is 4.90 Å². The predicted molar refractivity (Wildman–Crippen MR) is 106 cm³/mol. The molecule has 0 aliphatic carbocycles. The summed E-state index contributed by atoms with van der Waals surface area (Å²) in [5.41, 5.74) is 0. The molecule has 3 aliphatic heterocycles. The topological polar surface area (TPSA) is 120 Å². The lowest BCUT2D eigenvalue weighted by Crippen LogP contribution is -2.51. The van der Waals surface area contributed by atoms with Crippen molar-refractivity contribution in [2.75, 3.05) is 65.5 Å². The van der Waals surface area contributed by atoms with Crippen LogP contribution in [0.4, 0.5) is 4.79 Å². The second kappa shape index (κ2) is 11.7. The van der Waals surface area contributed by atoms with E-state index in [0.717, 1.165) is 13.0 Å². The van der Waals surface area contributed by atoms with Gasteiger partial charge in [-0.2, -0.15) is 0 Å². The Labute approximate surface area is 176 Å². The van der Waals surface area contributed by atoms with E-state index in [1.54, 1.807) is 4.90 Å². The Morgan fingerprint density at radius 3 is 2.23 bits per heavy atom. The van der Waals surface area contributed by atoms with Gasteiger partial charge in [-0.15, -0.1) is 0 Å². The third-order valence-corrected chi connectivity index (χ3v) is 5.24. The summed E-state index contributed by atoms with van der Waals surface area (Å²) in [4.78, 5) is 52.2. The second-order valence-electron chi connectivity index (χ2n) is 7.71. The highest BCUT2D eigenvalue weighted by atomic mass is 16.6. The molecule has 3 amide bonds. The van der Waals surface area contributed by atoms with Crippen LogP contribution in [0, 0.1) is 0 Å². The van der Waals surface area contributed by atoms with E-state index in [1.807, 2.05) is 18.7 Å². The van der Waals surface area contributed by atoms with E-state index >= 15 is 0 Å². The fourth-order valence-electron chi connectivity index (χ4n) is 3.88. The normalized spacial score (nSPS) is 25.1. The molecule has 3 aliphatic rings. The Kier molecular flexibility index (Phi) is 9.31. The van der Waals surface area contributed by atoms with Gasteiger partial charge >= 0.3 is 6.09 Å². The minimum atomic E-state index is -0.417. The molecule has 0 aromatic carbocycles. The molecule has 11 nitrogen and oxygen atoms in total. The number of rotatable bonds is 4. The van der Waals surface area contributed by atoms with Crippen molar-refractivity contribution < 1.29 is 33.8 Å². The SMILES string of the molecule is C[C@@H]1CN(C(=O)CN2CCCN(C(=O)CN3CCOC3=O)CC2)C[C@H](C)O1.O=CO. The molecule has 0 spiro atoms. The first-order valence-corrected chi connectivity index (χ1v) is 10.3. The number of nitrogens with zero attached hydrogens (tertiary/aromatic N) is 4. The van der Waals surface area contributed by atoms with Gasteiger partial charge in [0.15, 0.2) is 0 Å². The van der Waals surface area contributed by atoms with Crippen molar-refractivity contribution in [1.82, 2.24) is 19.6 Å². The molecule has 3 heterocycles. The first-order chi connectivity index (χ1) is 14.3. The van der Waals surface area contributed by atoms with Crippen molar-refractivity contribution in [2.24, 2.45) is 0 Å². The largest absolute Gasteiger partial charge is 0.483 e. The molecule has 3 fully saturated rings. The van der Waals surface area contributed by atoms with Crippen LogP contribution in [0.5, 0.6) is 0 Å². The molecule has 30 heavy (non-hydrogen) atoms. The van der Waals surface area contributed by atoms with Gasteiger partial charge in [-0.25, -0.2) is 4.79 Å². The Hall–Kier alpha value is -2.40. The summed E-state index contributed by atoms with van der Waals surface area (Å²) < 4.78 is 10.6. The molecule has 0 unspecified atom stereocenters. The van der Waals surface area contributed by atoms with E-state index in [0.29, 0.717) is 52.4 Å². The van der Waals surface area contributed by atoms with Gasteiger partial charge in [0, 0.05) is 39.3 Å². The fraction of sp³-hybridized carbons (Fsp3) is 0.789. The van der Waals surface area contributed by atoms with E-state index < -0.39 is 6.09 Å². The van der Waals surface area contributed by atoms with E-state index in [-0.39, 0.29) is 37.0 Å². The first kappa shape index (κ1) is 23.9. The van der Waals surface area contributed by atoms with Crippen LogP contribution in [-0.4, -0.2) is 127 Å². The number of cyclic esters (lactones) is 1. The minimum Gasteiger partial charge on any atom is -0.483 e. The van der Waals surface area contributed by atoms with Gasteiger partial charge in [-0.1, -0.05) is 0 Å². The van der Waals surface area contributed by atoms with E-state index in [2.05, 4.69) is 4.90 Å². The molecule has 2 atom stereocenters. The van der Waals surface area contributed by atoms with Crippen molar-refractivity contribution in [2.45, 2.75) is 32.5 Å². The lowest BCUT2D eigenvalue weighted by Gasteiger charge is -2.36. The Morgan fingerprint density at radius 1 is 1.00 bits per heavy atom. The van der Waals surface area contributed by atoms with Crippen LogP contribution >= 0.6 is 0 Å². The standard InChI is InChI=1S/C18H30N4O5.CH2O2/c1-14-10-22(11-15(2)27-14)16(23)12-19-4-3-5-20(7-6-19)17(24)13-21-8-9-26-18(21)25;2-1-3/h14-15H,3-13H2,1-2H3;1H,(H,2,3)/t14-,15+;. The maximum Gasteiger partial charge on any atom is 0.410 e. The van der Waals surface area contributed by atoms with E-state index in [9.17, 15) is 14.4 Å². The molecule has 0 radical (unpaired) electrons. The monoisotopic (exact) mass is 428 g/mol. The zero-order valence-electron chi connectivity index (χ0n) is 17.7. The highest BCUT2D eigenvalue weighted by Crippen LogP contribution is 2.12. The molecule has 11 heteroatoms. The third kappa shape index (κ3) is 7.13. The summed E-state index contributed by atoms with van der Waals surface area (Å²) in [6, 6.07) is 0. The quantitative estimate of drug-likeness (QED) is 0.585. The van der Waals surface area contributed by atoms with Crippen molar-refractivity contribution in [1.29, 1.82) is 0 Å². The summed E-state index contributed by atoms with van der Waals surface area (Å²) in [5.74, 6) is 0.0643. The number of morpholine rings is 1. The summed E-state index contributed by atoms with van der Waals surface area (Å²) >= 11 is 0. The number of hydrogen-bond acceptors (Lipinski definition) is 7. The Morgan fingerprint density at radius 2 is 1.63 bits per heavy atom. The van der Waals surface area contributed by atoms with Gasteiger partial charge in [0.25, 0.3) is 6.47 Å². The molecule has 3 rings (SSSR count). The fourth-order valence-corrected chi connectivity index (χ4v) is 3.88. The van der Waals surface area contributed by atoms with Crippen molar-refractivity contribution >= 4 is 24.4 Å². The number of carbonyl (C=O) groups is 4. The van der Waals surface area contributed by atoms with Crippen molar-refractivity contribution in [3.05, 3.63) is 0 Å². The minimum absolute atomic E-state index is 0.0575. The number of amides is 3. The lowest BCUT2D eigenvalue weighted by atomic mass is 10.2. The summed E-state index contributed by atoms with van der Waals surface area (Å²) in [6.07, 6.45) is 0.526. The number of hydrogen-bond donors (Lipinski definition) is 1.